The molecule has 12 nitrogen and oxygen atoms in total. The van der Waals surface area contributed by atoms with Gasteiger partial charge in [0.2, 0.25) is 17.7 Å². The first-order valence-corrected chi connectivity index (χ1v) is 13.1. The number of primary amides is 1. The van der Waals surface area contributed by atoms with Crippen molar-refractivity contribution in [3.8, 4) is 0 Å². The van der Waals surface area contributed by atoms with Crippen molar-refractivity contribution < 1.29 is 24.0 Å². The van der Waals surface area contributed by atoms with Gasteiger partial charge in [0.25, 0.3) is 11.8 Å². The van der Waals surface area contributed by atoms with Gasteiger partial charge in [0.1, 0.15) is 12.1 Å². The van der Waals surface area contributed by atoms with Crippen LogP contribution in [0.25, 0.3) is 0 Å². The van der Waals surface area contributed by atoms with Gasteiger partial charge in [-0.2, -0.15) is 12.6 Å². The third-order valence-corrected chi connectivity index (χ3v) is 6.97. The SMILES string of the molecule is CCC(C)[C@H](NC(=O)C(S)CCCN1C(=O)c2ccccc2C1=O)C(=O)N[C@@H](CCCNC(=N)N)C(N)=O. The third-order valence-electron chi connectivity index (χ3n) is 6.48. The number of nitrogens with two attached hydrogens (primary N) is 2. The Labute approximate surface area is 227 Å². The Balaban J connectivity index is 1.91. The van der Waals surface area contributed by atoms with E-state index in [1.165, 1.54) is 0 Å². The average molecular weight is 548 g/mol. The molecule has 1 heterocycles. The number of carbonyl (C=O) groups excluding carboxylic acids is 5. The Hall–Kier alpha value is -3.61. The summed E-state index contributed by atoms with van der Waals surface area (Å²) in [6, 6.07) is 4.74. The van der Waals surface area contributed by atoms with E-state index in [4.69, 9.17) is 16.9 Å². The molecule has 4 atom stereocenters. The van der Waals surface area contributed by atoms with Crippen molar-refractivity contribution in [3.63, 3.8) is 0 Å². The quantitative estimate of drug-likeness (QED) is 0.0531. The van der Waals surface area contributed by atoms with Crippen LogP contribution in [0.4, 0.5) is 0 Å². The van der Waals surface area contributed by atoms with E-state index in [0.29, 0.717) is 36.9 Å². The second-order valence-electron chi connectivity index (χ2n) is 9.28. The maximum atomic E-state index is 13.0. The zero-order chi connectivity index (χ0) is 28.4. The summed E-state index contributed by atoms with van der Waals surface area (Å²) >= 11 is 4.37. The molecule has 1 aliphatic rings. The molecule has 0 saturated heterocycles. The molecule has 0 spiro atoms. The van der Waals surface area contributed by atoms with E-state index in [0.717, 1.165) is 4.90 Å². The number of nitrogens with zero attached hydrogens (tertiary/aromatic N) is 1. The summed E-state index contributed by atoms with van der Waals surface area (Å²) in [6.45, 7) is 4.15. The van der Waals surface area contributed by atoms with E-state index >= 15 is 0 Å². The first kappa shape index (κ1) is 30.6. The van der Waals surface area contributed by atoms with Gasteiger partial charge < -0.3 is 27.4 Å². The van der Waals surface area contributed by atoms with Crippen molar-refractivity contribution >= 4 is 48.1 Å². The minimum atomic E-state index is -0.953. The van der Waals surface area contributed by atoms with Crippen LogP contribution in [0.5, 0.6) is 0 Å². The number of hydrogen-bond acceptors (Lipinski definition) is 7. The normalized spacial score (nSPS) is 15.7. The number of nitrogens with one attached hydrogen (secondary N) is 4. The van der Waals surface area contributed by atoms with E-state index in [1.807, 2.05) is 6.92 Å². The predicted molar refractivity (Wildman–Crippen MR) is 145 cm³/mol. The monoisotopic (exact) mass is 547 g/mol. The first-order chi connectivity index (χ1) is 18.0. The fourth-order valence-corrected chi connectivity index (χ4v) is 4.30. The number of imide groups is 1. The van der Waals surface area contributed by atoms with Gasteiger partial charge in [0, 0.05) is 13.1 Å². The fourth-order valence-electron chi connectivity index (χ4n) is 4.04. The molecule has 5 amide bonds. The summed E-state index contributed by atoms with van der Waals surface area (Å²) < 4.78 is 0. The fraction of sp³-hybridized carbons (Fsp3) is 0.520. The zero-order valence-corrected chi connectivity index (χ0v) is 22.6. The number of carbonyl (C=O) groups is 5. The van der Waals surface area contributed by atoms with E-state index in [1.54, 1.807) is 31.2 Å². The van der Waals surface area contributed by atoms with Gasteiger partial charge in [-0.1, -0.05) is 32.4 Å². The lowest BCUT2D eigenvalue weighted by Crippen LogP contribution is -2.56. The Morgan fingerprint density at radius 1 is 1.00 bits per heavy atom. The number of thiol groups is 1. The maximum absolute atomic E-state index is 13.0. The van der Waals surface area contributed by atoms with Gasteiger partial charge in [-0.15, -0.1) is 0 Å². The molecule has 0 aromatic heterocycles. The van der Waals surface area contributed by atoms with Gasteiger partial charge in [0.05, 0.1) is 16.4 Å². The van der Waals surface area contributed by atoms with E-state index < -0.39 is 35.1 Å². The molecule has 208 valence electrons. The highest BCUT2D eigenvalue weighted by atomic mass is 32.1. The van der Waals surface area contributed by atoms with Crippen molar-refractivity contribution in [2.45, 2.75) is 63.3 Å². The highest BCUT2D eigenvalue weighted by Crippen LogP contribution is 2.23. The molecule has 0 radical (unpaired) electrons. The number of guanidine groups is 1. The second kappa shape index (κ2) is 14.4. The van der Waals surface area contributed by atoms with Gasteiger partial charge in [-0.3, -0.25) is 34.3 Å². The Bertz CT molecular complexity index is 1030. The van der Waals surface area contributed by atoms with Crippen LogP contribution in [0.1, 0.15) is 66.7 Å². The van der Waals surface area contributed by atoms with Gasteiger partial charge in [0.15, 0.2) is 5.96 Å². The molecule has 0 saturated carbocycles. The van der Waals surface area contributed by atoms with Crippen LogP contribution in [0.15, 0.2) is 24.3 Å². The van der Waals surface area contributed by atoms with Crippen LogP contribution in [0, 0.1) is 11.3 Å². The number of fused-ring (bicyclic) bond motifs is 1. The lowest BCUT2D eigenvalue weighted by Gasteiger charge is -2.27. The summed E-state index contributed by atoms with van der Waals surface area (Å²) in [7, 11) is 0. The standard InChI is InChI=1S/C25H37N7O5S/c1-3-14(2)19(22(35)30-17(20(26)33)10-6-12-29-25(27)28)31-21(34)18(38)11-7-13-32-23(36)15-8-4-5-9-16(15)24(32)37/h4-5,8-9,14,17-19,38H,3,6-7,10-13H2,1-2H3,(H2,26,33)(H,30,35)(H,31,34)(H4,27,28,29)/t14?,17-,18?,19-/m0/s1. The van der Waals surface area contributed by atoms with Gasteiger partial charge in [-0.25, -0.2) is 0 Å². The van der Waals surface area contributed by atoms with Crippen molar-refractivity contribution in [2.24, 2.45) is 17.4 Å². The maximum Gasteiger partial charge on any atom is 0.261 e. The Morgan fingerprint density at radius 2 is 1.61 bits per heavy atom. The summed E-state index contributed by atoms with van der Waals surface area (Å²) in [5.74, 6) is -2.89. The predicted octanol–water partition coefficient (Wildman–Crippen LogP) is 0.125. The van der Waals surface area contributed by atoms with Crippen LogP contribution in [0.3, 0.4) is 0 Å². The lowest BCUT2D eigenvalue weighted by atomic mass is 9.97. The van der Waals surface area contributed by atoms with Crippen LogP contribution in [0.2, 0.25) is 0 Å². The molecular formula is C25H37N7O5S. The molecule has 2 unspecified atom stereocenters. The highest BCUT2D eigenvalue weighted by Gasteiger charge is 2.35. The third kappa shape index (κ3) is 8.20. The molecule has 0 aliphatic carbocycles. The number of rotatable bonds is 15. The molecule has 2 rings (SSSR count). The molecule has 1 aliphatic heterocycles. The van der Waals surface area contributed by atoms with Gasteiger partial charge >= 0.3 is 0 Å². The number of amides is 5. The lowest BCUT2D eigenvalue weighted by molar-refractivity contribution is -0.132. The van der Waals surface area contributed by atoms with Crippen molar-refractivity contribution in [2.75, 3.05) is 13.1 Å². The molecular weight excluding hydrogens is 510 g/mol. The van der Waals surface area contributed by atoms with E-state index in [9.17, 15) is 24.0 Å². The van der Waals surface area contributed by atoms with Gasteiger partial charge in [-0.05, 0) is 43.7 Å². The van der Waals surface area contributed by atoms with E-state index in [-0.39, 0.29) is 43.1 Å². The Kier molecular flexibility index (Phi) is 11.6. The average Bonchev–Trinajstić information content (AvgIpc) is 3.12. The summed E-state index contributed by atoms with van der Waals surface area (Å²) in [4.78, 5) is 63.9. The topological polar surface area (TPSA) is 201 Å². The zero-order valence-electron chi connectivity index (χ0n) is 21.7. The van der Waals surface area contributed by atoms with Crippen LogP contribution >= 0.6 is 12.6 Å². The highest BCUT2D eigenvalue weighted by molar-refractivity contribution is 7.81. The molecule has 1 aromatic rings. The van der Waals surface area contributed by atoms with Crippen molar-refractivity contribution in [1.82, 2.24) is 20.9 Å². The number of benzene rings is 1. The van der Waals surface area contributed by atoms with Crippen LogP contribution < -0.4 is 27.4 Å². The largest absolute Gasteiger partial charge is 0.370 e. The van der Waals surface area contributed by atoms with Crippen LogP contribution in [-0.2, 0) is 14.4 Å². The van der Waals surface area contributed by atoms with Crippen molar-refractivity contribution in [3.05, 3.63) is 35.4 Å². The minimum absolute atomic E-state index is 0.144. The molecule has 13 heteroatoms. The summed E-state index contributed by atoms with van der Waals surface area (Å²) in [5, 5.41) is 14.3. The smallest absolute Gasteiger partial charge is 0.261 e. The second-order valence-corrected chi connectivity index (χ2v) is 9.91. The van der Waals surface area contributed by atoms with Crippen molar-refractivity contribution in [1.29, 1.82) is 5.41 Å². The minimum Gasteiger partial charge on any atom is -0.370 e. The molecule has 0 fully saturated rings. The molecule has 38 heavy (non-hydrogen) atoms. The first-order valence-electron chi connectivity index (χ1n) is 12.6. The van der Waals surface area contributed by atoms with E-state index in [2.05, 4.69) is 28.6 Å². The molecule has 0 bridgehead atoms. The number of hydrogen-bond donors (Lipinski definition) is 7. The Morgan fingerprint density at radius 3 is 2.13 bits per heavy atom. The summed E-state index contributed by atoms with van der Waals surface area (Å²) in [6.07, 6.45) is 1.86. The summed E-state index contributed by atoms with van der Waals surface area (Å²) in [5.41, 5.74) is 11.4. The molecule has 8 N–H and O–H groups in total. The molecule has 1 aromatic carbocycles. The van der Waals surface area contributed by atoms with Crippen LogP contribution in [-0.4, -0.2) is 70.8 Å².